The van der Waals surface area contributed by atoms with Crippen molar-refractivity contribution < 1.29 is 0 Å². The van der Waals surface area contributed by atoms with Gasteiger partial charge in [-0.15, -0.1) is 0 Å². The summed E-state index contributed by atoms with van der Waals surface area (Å²) in [7, 11) is 0. The molecule has 0 heterocycles. The molecule has 4 atom stereocenters. The topological polar surface area (TPSA) is 0 Å². The maximum absolute atomic E-state index is 3.86. The summed E-state index contributed by atoms with van der Waals surface area (Å²) < 4.78 is 0. The van der Waals surface area contributed by atoms with Crippen molar-refractivity contribution in [2.24, 2.45) is 23.7 Å². The lowest BCUT2D eigenvalue weighted by Gasteiger charge is -2.33. The van der Waals surface area contributed by atoms with E-state index < -0.39 is 0 Å². The van der Waals surface area contributed by atoms with Gasteiger partial charge in [0.05, 0.1) is 0 Å². The molecule has 3 saturated carbocycles. The summed E-state index contributed by atoms with van der Waals surface area (Å²) >= 11 is 7.73. The Labute approximate surface area is 123 Å². The van der Waals surface area contributed by atoms with Crippen LogP contribution in [-0.2, 0) is 0 Å². The van der Waals surface area contributed by atoms with Gasteiger partial charge >= 0.3 is 0 Å². The SMILES string of the molecule is Br[C@H]1CC(C2CC3CCCCC3C2)C[C@H](Br)C1. The van der Waals surface area contributed by atoms with Crippen molar-refractivity contribution in [3.63, 3.8) is 0 Å². The molecule has 0 aliphatic heterocycles. The summed E-state index contributed by atoms with van der Waals surface area (Å²) in [6.45, 7) is 0. The first-order chi connectivity index (χ1) is 8.22. The minimum Gasteiger partial charge on any atom is -0.0890 e. The molecule has 3 rings (SSSR count). The molecule has 0 amide bonds. The van der Waals surface area contributed by atoms with E-state index in [1.54, 1.807) is 25.7 Å². The zero-order chi connectivity index (χ0) is 11.8. The lowest BCUT2D eigenvalue weighted by atomic mass is 9.78. The van der Waals surface area contributed by atoms with Gasteiger partial charge in [0.2, 0.25) is 0 Å². The summed E-state index contributed by atoms with van der Waals surface area (Å²) in [5.74, 6) is 4.28. The summed E-state index contributed by atoms with van der Waals surface area (Å²) in [6.07, 6.45) is 13.5. The molecule has 0 nitrogen and oxygen atoms in total. The Balaban J connectivity index is 1.61. The molecule has 0 aromatic heterocycles. The number of rotatable bonds is 1. The largest absolute Gasteiger partial charge is 0.0890 e. The third-order valence-corrected chi connectivity index (χ3v) is 7.07. The number of halogens is 2. The van der Waals surface area contributed by atoms with Crippen LogP contribution in [0, 0.1) is 23.7 Å². The minimum atomic E-state index is 0.772. The van der Waals surface area contributed by atoms with Crippen LogP contribution >= 0.6 is 31.9 Å². The van der Waals surface area contributed by atoms with Crippen molar-refractivity contribution in [3.05, 3.63) is 0 Å². The number of alkyl halides is 2. The van der Waals surface area contributed by atoms with E-state index in [9.17, 15) is 0 Å². The maximum atomic E-state index is 3.86. The Bertz CT molecular complexity index is 242. The highest BCUT2D eigenvalue weighted by Crippen LogP contribution is 2.51. The number of hydrogen-bond donors (Lipinski definition) is 0. The second kappa shape index (κ2) is 5.53. The predicted octanol–water partition coefficient (Wildman–Crippen LogP) is 5.53. The standard InChI is InChI=1S/C15H24Br2/c16-14-7-13(8-15(17)9-14)12-5-10-3-1-2-4-11(10)6-12/h10-15H,1-9H2/t10?,11?,12?,14-,15-/m0/s1. The lowest BCUT2D eigenvalue weighted by Crippen LogP contribution is -2.27. The number of fused-ring (bicyclic) bond motifs is 1. The van der Waals surface area contributed by atoms with E-state index in [1.165, 1.54) is 32.1 Å². The number of hydrogen-bond acceptors (Lipinski definition) is 0. The zero-order valence-electron chi connectivity index (χ0n) is 10.6. The fourth-order valence-electron chi connectivity index (χ4n) is 4.77. The summed E-state index contributed by atoms with van der Waals surface area (Å²) in [6, 6.07) is 0. The molecule has 0 spiro atoms. The van der Waals surface area contributed by atoms with Crippen molar-refractivity contribution in [1.82, 2.24) is 0 Å². The van der Waals surface area contributed by atoms with Crippen LogP contribution in [0.4, 0.5) is 0 Å². The summed E-state index contributed by atoms with van der Waals surface area (Å²) in [4.78, 5) is 1.54. The third-order valence-electron chi connectivity index (χ3n) is 5.57. The van der Waals surface area contributed by atoms with Crippen LogP contribution in [0.2, 0.25) is 0 Å². The molecule has 98 valence electrons. The molecule has 3 fully saturated rings. The van der Waals surface area contributed by atoms with Crippen LogP contribution in [0.15, 0.2) is 0 Å². The Morgan fingerprint density at radius 3 is 1.53 bits per heavy atom. The van der Waals surface area contributed by atoms with Crippen molar-refractivity contribution in [2.45, 2.75) is 67.4 Å². The molecule has 0 radical (unpaired) electrons. The Morgan fingerprint density at radius 1 is 0.529 bits per heavy atom. The van der Waals surface area contributed by atoms with Crippen LogP contribution in [0.1, 0.15) is 57.8 Å². The Hall–Kier alpha value is 0.960. The Morgan fingerprint density at radius 2 is 1.00 bits per heavy atom. The summed E-state index contributed by atoms with van der Waals surface area (Å²) in [5, 5.41) is 0. The molecule has 0 aromatic rings. The van der Waals surface area contributed by atoms with Crippen molar-refractivity contribution >= 4 is 31.9 Å². The minimum absolute atomic E-state index is 0.772. The fraction of sp³-hybridized carbons (Fsp3) is 1.00. The molecule has 0 N–H and O–H groups in total. The highest BCUT2D eigenvalue weighted by molar-refractivity contribution is 9.10. The fourth-order valence-corrected chi connectivity index (χ4v) is 7.14. The average Bonchev–Trinajstić information content (AvgIpc) is 2.71. The van der Waals surface area contributed by atoms with Gasteiger partial charge in [0.15, 0.2) is 0 Å². The van der Waals surface area contributed by atoms with E-state index in [2.05, 4.69) is 31.9 Å². The quantitative estimate of drug-likeness (QED) is 0.537. The van der Waals surface area contributed by atoms with Crippen molar-refractivity contribution in [1.29, 1.82) is 0 Å². The van der Waals surface area contributed by atoms with Gasteiger partial charge < -0.3 is 0 Å². The average molecular weight is 364 g/mol. The monoisotopic (exact) mass is 362 g/mol. The van der Waals surface area contributed by atoms with Crippen molar-refractivity contribution in [2.75, 3.05) is 0 Å². The second-order valence-electron chi connectivity index (χ2n) is 6.70. The van der Waals surface area contributed by atoms with E-state index in [4.69, 9.17) is 0 Å². The molecule has 2 unspecified atom stereocenters. The van der Waals surface area contributed by atoms with Gasteiger partial charge in [-0.2, -0.15) is 0 Å². The van der Waals surface area contributed by atoms with E-state index in [0.717, 1.165) is 33.3 Å². The van der Waals surface area contributed by atoms with Crippen LogP contribution in [0.3, 0.4) is 0 Å². The first-order valence-electron chi connectivity index (χ1n) is 7.50. The zero-order valence-corrected chi connectivity index (χ0v) is 13.8. The Kier molecular flexibility index (Phi) is 4.22. The van der Waals surface area contributed by atoms with Gasteiger partial charge in [-0.1, -0.05) is 57.5 Å². The van der Waals surface area contributed by atoms with Crippen LogP contribution < -0.4 is 0 Å². The maximum Gasteiger partial charge on any atom is 0.0159 e. The van der Waals surface area contributed by atoms with E-state index >= 15 is 0 Å². The molecule has 3 aliphatic rings. The molecular formula is C15H24Br2. The highest BCUT2D eigenvalue weighted by Gasteiger charge is 2.40. The predicted molar refractivity (Wildman–Crippen MR) is 80.9 cm³/mol. The molecular weight excluding hydrogens is 340 g/mol. The smallest absolute Gasteiger partial charge is 0.0159 e. The summed E-state index contributed by atoms with van der Waals surface area (Å²) in [5.41, 5.74) is 0. The van der Waals surface area contributed by atoms with Gasteiger partial charge in [0.1, 0.15) is 0 Å². The van der Waals surface area contributed by atoms with Gasteiger partial charge in [-0.25, -0.2) is 0 Å². The molecule has 0 saturated heterocycles. The highest BCUT2D eigenvalue weighted by atomic mass is 79.9. The van der Waals surface area contributed by atoms with Gasteiger partial charge in [-0.3, -0.25) is 0 Å². The van der Waals surface area contributed by atoms with Gasteiger partial charge in [-0.05, 0) is 55.8 Å². The molecule has 17 heavy (non-hydrogen) atoms. The van der Waals surface area contributed by atoms with Crippen LogP contribution in [0.5, 0.6) is 0 Å². The van der Waals surface area contributed by atoms with E-state index in [0.29, 0.717) is 0 Å². The third kappa shape index (κ3) is 2.94. The first kappa shape index (κ1) is 13.0. The van der Waals surface area contributed by atoms with Crippen molar-refractivity contribution in [3.8, 4) is 0 Å². The van der Waals surface area contributed by atoms with E-state index in [1.807, 2.05) is 0 Å². The van der Waals surface area contributed by atoms with Gasteiger partial charge in [0, 0.05) is 9.65 Å². The molecule has 0 bridgehead atoms. The lowest BCUT2D eigenvalue weighted by molar-refractivity contribution is 0.257. The van der Waals surface area contributed by atoms with Gasteiger partial charge in [0.25, 0.3) is 0 Å². The molecule has 3 aliphatic carbocycles. The normalized spacial score (nSPS) is 51.2. The second-order valence-corrected chi connectivity index (χ2v) is 9.29. The first-order valence-corrected chi connectivity index (χ1v) is 9.33. The molecule has 2 heteroatoms. The van der Waals surface area contributed by atoms with Crippen LogP contribution in [0.25, 0.3) is 0 Å². The van der Waals surface area contributed by atoms with E-state index in [-0.39, 0.29) is 0 Å². The van der Waals surface area contributed by atoms with Crippen LogP contribution in [-0.4, -0.2) is 9.65 Å². The molecule has 0 aromatic carbocycles.